The molecule has 0 fully saturated rings. The van der Waals surface area contributed by atoms with Crippen molar-refractivity contribution in [1.82, 2.24) is 24.9 Å². The molecule has 0 aliphatic carbocycles. The number of nitrogens with zero attached hydrogens (tertiary/aromatic N) is 4. The van der Waals surface area contributed by atoms with Gasteiger partial charge in [-0.1, -0.05) is 6.07 Å². The molecule has 0 aliphatic rings. The second kappa shape index (κ2) is 6.52. The predicted molar refractivity (Wildman–Crippen MR) is 81.8 cm³/mol. The van der Waals surface area contributed by atoms with E-state index in [1.54, 1.807) is 28.1 Å². The fourth-order valence-electron chi connectivity index (χ4n) is 2.02. The van der Waals surface area contributed by atoms with Crippen molar-refractivity contribution < 1.29 is 9.53 Å². The van der Waals surface area contributed by atoms with Crippen LogP contribution >= 0.6 is 11.3 Å². The highest BCUT2D eigenvalue weighted by Gasteiger charge is 2.12. The van der Waals surface area contributed by atoms with Crippen LogP contribution in [0.2, 0.25) is 0 Å². The maximum atomic E-state index is 11.9. The summed E-state index contributed by atoms with van der Waals surface area (Å²) in [4.78, 5) is 17.1. The van der Waals surface area contributed by atoms with Gasteiger partial charge in [-0.15, -0.1) is 21.5 Å². The number of carbonyl (C=O) groups is 1. The van der Waals surface area contributed by atoms with Crippen molar-refractivity contribution in [2.75, 3.05) is 6.61 Å². The van der Waals surface area contributed by atoms with E-state index >= 15 is 0 Å². The van der Waals surface area contributed by atoms with Gasteiger partial charge in [-0.3, -0.25) is 9.20 Å². The number of aromatic nitrogens is 4. The zero-order valence-corrected chi connectivity index (χ0v) is 12.8. The Hall–Kier alpha value is -2.48. The first-order valence-corrected chi connectivity index (χ1v) is 7.76. The van der Waals surface area contributed by atoms with Crippen molar-refractivity contribution >= 4 is 22.9 Å². The lowest BCUT2D eigenvalue weighted by Crippen LogP contribution is -2.25. The molecule has 22 heavy (non-hydrogen) atoms. The quantitative estimate of drug-likeness (QED) is 0.744. The SMILES string of the molecule is CCOc1nccn2c(CNC(=O)Cc3cccs3)nnc12. The molecule has 7 nitrogen and oxygen atoms in total. The number of amides is 1. The molecule has 3 aromatic rings. The maximum absolute atomic E-state index is 11.9. The number of nitrogens with one attached hydrogen (secondary N) is 1. The molecule has 1 amide bonds. The van der Waals surface area contributed by atoms with E-state index in [1.807, 2.05) is 24.4 Å². The molecule has 0 atom stereocenters. The van der Waals surface area contributed by atoms with Gasteiger partial charge in [0.2, 0.25) is 11.6 Å². The summed E-state index contributed by atoms with van der Waals surface area (Å²) in [5.41, 5.74) is 0.548. The van der Waals surface area contributed by atoms with Crippen LogP contribution < -0.4 is 10.1 Å². The Balaban J connectivity index is 1.69. The van der Waals surface area contributed by atoms with Crippen LogP contribution in [-0.2, 0) is 17.8 Å². The van der Waals surface area contributed by atoms with Crippen molar-refractivity contribution in [3.8, 4) is 5.88 Å². The summed E-state index contributed by atoms with van der Waals surface area (Å²) in [5, 5.41) is 13.0. The predicted octanol–water partition coefficient (Wildman–Crippen LogP) is 1.44. The summed E-state index contributed by atoms with van der Waals surface area (Å²) in [6.07, 6.45) is 3.75. The third-order valence-corrected chi connectivity index (χ3v) is 3.88. The summed E-state index contributed by atoms with van der Waals surface area (Å²) in [6.45, 7) is 2.70. The van der Waals surface area contributed by atoms with E-state index in [0.717, 1.165) is 4.88 Å². The molecule has 0 saturated heterocycles. The van der Waals surface area contributed by atoms with Crippen LogP contribution in [0, 0.1) is 0 Å². The van der Waals surface area contributed by atoms with E-state index < -0.39 is 0 Å². The molecule has 0 spiro atoms. The van der Waals surface area contributed by atoms with Crippen molar-refractivity contribution in [3.05, 3.63) is 40.6 Å². The van der Waals surface area contributed by atoms with Gasteiger partial charge < -0.3 is 10.1 Å². The van der Waals surface area contributed by atoms with Gasteiger partial charge >= 0.3 is 0 Å². The van der Waals surface area contributed by atoms with Crippen LogP contribution in [0.25, 0.3) is 5.65 Å². The molecule has 1 N–H and O–H groups in total. The number of thiophene rings is 1. The first-order valence-electron chi connectivity index (χ1n) is 6.88. The van der Waals surface area contributed by atoms with Gasteiger partial charge in [0.05, 0.1) is 19.6 Å². The molecule has 0 radical (unpaired) electrons. The van der Waals surface area contributed by atoms with Gasteiger partial charge in [-0.2, -0.15) is 0 Å². The normalized spacial score (nSPS) is 10.8. The van der Waals surface area contributed by atoms with Gasteiger partial charge in [0.25, 0.3) is 5.88 Å². The average molecular weight is 317 g/mol. The van der Waals surface area contributed by atoms with E-state index in [2.05, 4.69) is 20.5 Å². The number of hydrogen-bond donors (Lipinski definition) is 1. The standard InChI is InChI=1S/C14H15N5O2S/c1-2-21-14-13-18-17-11(19(13)6-5-15-14)9-16-12(20)8-10-4-3-7-22-10/h3-7H,2,8-9H2,1H3,(H,16,20). The summed E-state index contributed by atoms with van der Waals surface area (Å²) in [7, 11) is 0. The van der Waals surface area contributed by atoms with Crippen molar-refractivity contribution in [2.45, 2.75) is 19.9 Å². The minimum atomic E-state index is -0.0433. The molecule has 0 bridgehead atoms. The average Bonchev–Trinajstić information content (AvgIpc) is 3.15. The van der Waals surface area contributed by atoms with Gasteiger partial charge in [0.1, 0.15) is 0 Å². The Morgan fingerprint density at radius 3 is 3.14 bits per heavy atom. The van der Waals surface area contributed by atoms with Gasteiger partial charge in [-0.05, 0) is 18.4 Å². The second-order valence-electron chi connectivity index (χ2n) is 4.51. The molecular weight excluding hydrogens is 302 g/mol. The lowest BCUT2D eigenvalue weighted by molar-refractivity contribution is -0.120. The van der Waals surface area contributed by atoms with Crippen molar-refractivity contribution in [2.24, 2.45) is 0 Å². The molecule has 8 heteroatoms. The third kappa shape index (κ3) is 3.06. The smallest absolute Gasteiger partial charge is 0.260 e. The van der Waals surface area contributed by atoms with Crippen LogP contribution in [0.15, 0.2) is 29.9 Å². The molecule has 3 aromatic heterocycles. The lowest BCUT2D eigenvalue weighted by atomic mass is 10.3. The van der Waals surface area contributed by atoms with Crippen LogP contribution in [0.4, 0.5) is 0 Å². The number of fused-ring (bicyclic) bond motifs is 1. The van der Waals surface area contributed by atoms with Gasteiger partial charge in [0, 0.05) is 17.3 Å². The van der Waals surface area contributed by atoms with E-state index in [4.69, 9.17) is 4.74 Å². The van der Waals surface area contributed by atoms with Crippen molar-refractivity contribution in [3.63, 3.8) is 0 Å². The summed E-state index contributed by atoms with van der Waals surface area (Å²) in [6, 6.07) is 3.87. The zero-order chi connectivity index (χ0) is 15.4. The molecule has 0 aliphatic heterocycles. The number of ether oxygens (including phenoxy) is 1. The molecule has 3 rings (SSSR count). The van der Waals surface area contributed by atoms with Gasteiger partial charge in [-0.25, -0.2) is 4.98 Å². The molecule has 114 valence electrons. The summed E-state index contributed by atoms with van der Waals surface area (Å²) in [5.74, 6) is 1.03. The largest absolute Gasteiger partial charge is 0.475 e. The highest BCUT2D eigenvalue weighted by atomic mass is 32.1. The van der Waals surface area contributed by atoms with E-state index in [1.165, 1.54) is 0 Å². The Morgan fingerprint density at radius 1 is 1.45 bits per heavy atom. The number of hydrogen-bond acceptors (Lipinski definition) is 6. The molecule has 0 unspecified atom stereocenters. The first-order chi connectivity index (χ1) is 10.8. The van der Waals surface area contributed by atoms with Crippen molar-refractivity contribution in [1.29, 1.82) is 0 Å². The Bertz CT molecular complexity index is 769. The van der Waals surface area contributed by atoms with E-state index in [9.17, 15) is 4.79 Å². The second-order valence-corrected chi connectivity index (χ2v) is 5.54. The van der Waals surface area contributed by atoms with E-state index in [0.29, 0.717) is 36.9 Å². The molecule has 3 heterocycles. The van der Waals surface area contributed by atoms with E-state index in [-0.39, 0.29) is 5.91 Å². The third-order valence-electron chi connectivity index (χ3n) is 3.00. The minimum absolute atomic E-state index is 0.0433. The highest BCUT2D eigenvalue weighted by Crippen LogP contribution is 2.14. The molecular formula is C14H15N5O2S. The molecule has 0 aromatic carbocycles. The fourth-order valence-corrected chi connectivity index (χ4v) is 2.73. The van der Waals surface area contributed by atoms with Gasteiger partial charge in [0.15, 0.2) is 5.82 Å². The Kier molecular flexibility index (Phi) is 4.29. The Morgan fingerprint density at radius 2 is 2.36 bits per heavy atom. The van der Waals surface area contributed by atoms with Crippen LogP contribution in [0.5, 0.6) is 5.88 Å². The zero-order valence-electron chi connectivity index (χ0n) is 12.0. The minimum Gasteiger partial charge on any atom is -0.475 e. The first kappa shape index (κ1) is 14.5. The number of carbonyl (C=O) groups excluding carboxylic acids is 1. The fraction of sp³-hybridized carbons (Fsp3) is 0.286. The lowest BCUT2D eigenvalue weighted by Gasteiger charge is -2.05. The summed E-state index contributed by atoms with van der Waals surface area (Å²) >= 11 is 1.57. The summed E-state index contributed by atoms with van der Waals surface area (Å²) < 4.78 is 7.18. The highest BCUT2D eigenvalue weighted by molar-refractivity contribution is 7.10. The van der Waals surface area contributed by atoms with Crippen LogP contribution in [0.1, 0.15) is 17.6 Å². The molecule has 0 saturated carbocycles. The number of rotatable bonds is 6. The van der Waals surface area contributed by atoms with Crippen LogP contribution in [0.3, 0.4) is 0 Å². The maximum Gasteiger partial charge on any atom is 0.260 e. The topological polar surface area (TPSA) is 81.4 Å². The Labute approximate surface area is 131 Å². The monoisotopic (exact) mass is 317 g/mol. The van der Waals surface area contributed by atoms with Crippen LogP contribution in [-0.4, -0.2) is 32.1 Å².